The molecule has 0 aromatic rings. The van der Waals surface area contributed by atoms with Gasteiger partial charge in [-0.05, 0) is 27.2 Å². The predicted octanol–water partition coefficient (Wildman–Crippen LogP) is 4.54. The Morgan fingerprint density at radius 1 is 0.607 bits per heavy atom. The molecule has 0 amide bonds. The van der Waals surface area contributed by atoms with Gasteiger partial charge < -0.3 is 23.7 Å². The fourth-order valence-corrected chi connectivity index (χ4v) is 2.52. The van der Waals surface area contributed by atoms with E-state index < -0.39 is 5.60 Å². The molecule has 0 unspecified atom stereocenters. The monoisotopic (exact) mass is 404 g/mol. The molecule has 0 fully saturated rings. The molecular weight excluding hydrogens is 360 g/mol. The van der Waals surface area contributed by atoms with Gasteiger partial charge in [0, 0.05) is 6.61 Å². The lowest BCUT2D eigenvalue weighted by molar-refractivity contribution is -0.160. The molecule has 0 atom stereocenters. The first-order valence-corrected chi connectivity index (χ1v) is 11.0. The van der Waals surface area contributed by atoms with E-state index in [9.17, 15) is 4.79 Å². The smallest absolute Gasteiger partial charge is 0.332 e. The second-order valence-electron chi connectivity index (χ2n) is 7.95. The van der Waals surface area contributed by atoms with E-state index in [4.69, 9.17) is 23.7 Å². The maximum atomic E-state index is 11.4. The maximum absolute atomic E-state index is 11.4. The molecule has 0 aliphatic heterocycles. The highest BCUT2D eigenvalue weighted by Crippen LogP contribution is 2.08. The third-order valence-electron chi connectivity index (χ3n) is 3.90. The number of ether oxygens (including phenoxy) is 5. The number of rotatable bonds is 20. The summed E-state index contributed by atoms with van der Waals surface area (Å²) in [4.78, 5) is 11.4. The molecule has 0 rings (SSSR count). The molecule has 0 aliphatic rings. The van der Waals surface area contributed by atoms with Crippen LogP contribution in [0.4, 0.5) is 0 Å². The van der Waals surface area contributed by atoms with Crippen molar-refractivity contribution in [3.8, 4) is 0 Å². The van der Waals surface area contributed by atoms with E-state index in [0.717, 1.165) is 13.0 Å². The Kier molecular flexibility index (Phi) is 19.1. The molecule has 6 heteroatoms. The number of hydrogen-bond acceptors (Lipinski definition) is 6. The third-order valence-corrected chi connectivity index (χ3v) is 3.90. The van der Waals surface area contributed by atoms with E-state index in [0.29, 0.717) is 39.6 Å². The van der Waals surface area contributed by atoms with E-state index in [-0.39, 0.29) is 12.6 Å². The lowest BCUT2D eigenvalue weighted by Gasteiger charge is -2.19. The first-order chi connectivity index (χ1) is 13.5. The van der Waals surface area contributed by atoms with Gasteiger partial charge in [0.25, 0.3) is 0 Å². The fourth-order valence-electron chi connectivity index (χ4n) is 2.52. The Morgan fingerprint density at radius 2 is 1.04 bits per heavy atom. The summed E-state index contributed by atoms with van der Waals surface area (Å²) in [5.74, 6) is -0.359. The molecule has 0 heterocycles. The molecule has 6 nitrogen and oxygen atoms in total. The van der Waals surface area contributed by atoms with Crippen molar-refractivity contribution in [2.45, 2.75) is 84.7 Å². The van der Waals surface area contributed by atoms with Crippen LogP contribution in [-0.2, 0) is 28.5 Å². The van der Waals surface area contributed by atoms with Gasteiger partial charge >= 0.3 is 5.97 Å². The van der Waals surface area contributed by atoms with Crippen LogP contribution in [0.2, 0.25) is 0 Å². The average Bonchev–Trinajstić information content (AvgIpc) is 2.62. The highest BCUT2D eigenvalue weighted by atomic mass is 16.6. The number of unbranched alkanes of at least 4 members (excludes halogenated alkanes) is 7. The summed E-state index contributed by atoms with van der Waals surface area (Å²) in [6, 6.07) is 0. The van der Waals surface area contributed by atoms with Gasteiger partial charge in [-0.15, -0.1) is 0 Å². The van der Waals surface area contributed by atoms with Crippen LogP contribution in [0.1, 0.15) is 79.1 Å². The molecule has 0 N–H and O–H groups in total. The summed E-state index contributed by atoms with van der Waals surface area (Å²) < 4.78 is 26.7. The minimum Gasteiger partial charge on any atom is -0.458 e. The van der Waals surface area contributed by atoms with Crippen LogP contribution >= 0.6 is 0 Å². The van der Waals surface area contributed by atoms with Gasteiger partial charge in [-0.25, -0.2) is 4.79 Å². The van der Waals surface area contributed by atoms with Crippen LogP contribution in [0.25, 0.3) is 0 Å². The van der Waals surface area contributed by atoms with Crippen molar-refractivity contribution in [3.63, 3.8) is 0 Å². The summed E-state index contributed by atoms with van der Waals surface area (Å²) in [6.45, 7) is 11.6. The lowest BCUT2D eigenvalue weighted by atomic mass is 10.1. The van der Waals surface area contributed by atoms with E-state index in [1.54, 1.807) is 0 Å². The molecular formula is C22H44O6. The zero-order valence-electron chi connectivity index (χ0n) is 18.8. The van der Waals surface area contributed by atoms with Crippen molar-refractivity contribution in [2.24, 2.45) is 0 Å². The second kappa shape index (κ2) is 19.6. The molecule has 0 radical (unpaired) electrons. The van der Waals surface area contributed by atoms with Crippen molar-refractivity contribution < 1.29 is 28.5 Å². The van der Waals surface area contributed by atoms with Gasteiger partial charge in [0.15, 0.2) is 0 Å². The number of hydrogen-bond donors (Lipinski definition) is 0. The Labute approximate surface area is 172 Å². The standard InChI is InChI=1S/C22H44O6/c1-5-6-7-8-9-10-11-12-13-24-14-15-25-16-17-26-18-19-27-20-21(23)28-22(2,3)4/h5-20H2,1-4H3. The SMILES string of the molecule is CCCCCCCCCCOCCOCCOCCOCC(=O)OC(C)(C)C. The van der Waals surface area contributed by atoms with Crippen molar-refractivity contribution >= 4 is 5.97 Å². The van der Waals surface area contributed by atoms with Crippen LogP contribution in [0.3, 0.4) is 0 Å². The van der Waals surface area contributed by atoms with Crippen LogP contribution in [0.15, 0.2) is 0 Å². The van der Waals surface area contributed by atoms with Crippen molar-refractivity contribution in [1.82, 2.24) is 0 Å². The highest BCUT2D eigenvalue weighted by Gasteiger charge is 2.15. The van der Waals surface area contributed by atoms with Crippen LogP contribution in [0.5, 0.6) is 0 Å². The minimum absolute atomic E-state index is 0.0483. The number of carbonyl (C=O) groups excluding carboxylic acids is 1. The van der Waals surface area contributed by atoms with E-state index >= 15 is 0 Å². The largest absolute Gasteiger partial charge is 0.458 e. The fraction of sp³-hybridized carbons (Fsp3) is 0.955. The van der Waals surface area contributed by atoms with Gasteiger partial charge in [0.2, 0.25) is 0 Å². The quantitative estimate of drug-likeness (QED) is 0.219. The van der Waals surface area contributed by atoms with Gasteiger partial charge in [-0.1, -0.05) is 51.9 Å². The lowest BCUT2D eigenvalue weighted by Crippen LogP contribution is -2.27. The molecule has 0 aliphatic carbocycles. The number of carbonyl (C=O) groups is 1. The molecule has 0 bridgehead atoms. The molecule has 0 saturated carbocycles. The summed E-state index contributed by atoms with van der Waals surface area (Å²) >= 11 is 0. The molecule has 0 spiro atoms. The van der Waals surface area contributed by atoms with Crippen LogP contribution < -0.4 is 0 Å². The van der Waals surface area contributed by atoms with Crippen molar-refractivity contribution in [3.05, 3.63) is 0 Å². The zero-order chi connectivity index (χ0) is 20.9. The Morgan fingerprint density at radius 3 is 1.54 bits per heavy atom. The second-order valence-corrected chi connectivity index (χ2v) is 7.95. The molecule has 28 heavy (non-hydrogen) atoms. The van der Waals surface area contributed by atoms with Crippen LogP contribution in [0, 0.1) is 0 Å². The topological polar surface area (TPSA) is 63.2 Å². The summed E-state index contributed by atoms with van der Waals surface area (Å²) in [7, 11) is 0. The molecule has 0 aromatic heterocycles. The Balaban J connectivity index is 3.11. The number of esters is 1. The summed E-state index contributed by atoms with van der Waals surface area (Å²) in [5, 5.41) is 0. The molecule has 168 valence electrons. The predicted molar refractivity (Wildman–Crippen MR) is 112 cm³/mol. The van der Waals surface area contributed by atoms with E-state index in [1.807, 2.05) is 20.8 Å². The average molecular weight is 405 g/mol. The highest BCUT2D eigenvalue weighted by molar-refractivity contribution is 5.71. The molecule has 0 saturated heterocycles. The molecule has 0 aromatic carbocycles. The van der Waals surface area contributed by atoms with Crippen LogP contribution in [-0.4, -0.2) is 64.4 Å². The van der Waals surface area contributed by atoms with E-state index in [2.05, 4.69) is 6.92 Å². The first-order valence-electron chi connectivity index (χ1n) is 11.0. The van der Waals surface area contributed by atoms with Gasteiger partial charge in [-0.2, -0.15) is 0 Å². The Hall–Kier alpha value is -0.690. The summed E-state index contributed by atoms with van der Waals surface area (Å²) in [6.07, 6.45) is 10.5. The van der Waals surface area contributed by atoms with Gasteiger partial charge in [0.05, 0.1) is 39.6 Å². The van der Waals surface area contributed by atoms with Crippen molar-refractivity contribution in [1.29, 1.82) is 0 Å². The maximum Gasteiger partial charge on any atom is 0.332 e. The van der Waals surface area contributed by atoms with Gasteiger partial charge in [0.1, 0.15) is 12.2 Å². The minimum atomic E-state index is -0.480. The Bertz CT molecular complexity index is 340. The van der Waals surface area contributed by atoms with Gasteiger partial charge in [-0.3, -0.25) is 0 Å². The van der Waals surface area contributed by atoms with Crippen molar-refractivity contribution in [2.75, 3.05) is 52.9 Å². The first kappa shape index (κ1) is 27.3. The summed E-state index contributed by atoms with van der Waals surface area (Å²) in [5.41, 5.74) is -0.480. The third kappa shape index (κ3) is 23.3. The normalized spacial score (nSPS) is 11.7. The zero-order valence-corrected chi connectivity index (χ0v) is 18.8. The van der Waals surface area contributed by atoms with E-state index in [1.165, 1.54) is 44.9 Å².